The van der Waals surface area contributed by atoms with E-state index in [1.807, 2.05) is 24.3 Å². The van der Waals surface area contributed by atoms with E-state index in [0.717, 1.165) is 16.7 Å². The van der Waals surface area contributed by atoms with E-state index in [0.29, 0.717) is 5.56 Å². The maximum Gasteiger partial charge on any atom is 0.335 e. The average molecular weight is 213 g/mol. The summed E-state index contributed by atoms with van der Waals surface area (Å²) >= 11 is 0. The Bertz CT molecular complexity index is 521. The number of benzene rings is 1. The molecule has 1 N–H and O–H groups in total. The zero-order chi connectivity index (χ0) is 11.5. The predicted molar refractivity (Wildman–Crippen MR) is 61.4 cm³/mol. The molecule has 1 aromatic carbocycles. The molecule has 0 spiro atoms. The lowest BCUT2D eigenvalue weighted by Crippen LogP contribution is -1.99. The zero-order valence-corrected chi connectivity index (χ0v) is 8.84. The van der Waals surface area contributed by atoms with E-state index in [1.165, 1.54) is 0 Å². The van der Waals surface area contributed by atoms with Gasteiger partial charge in [-0.3, -0.25) is 4.98 Å². The number of hydrogen-bond acceptors (Lipinski definition) is 2. The maximum absolute atomic E-state index is 11.0. The molecule has 0 aliphatic carbocycles. The highest BCUT2D eigenvalue weighted by Gasteiger charge is 2.08. The molecule has 80 valence electrons. The molecule has 0 aliphatic heterocycles. The molecule has 1 aromatic heterocycles. The third-order valence-corrected chi connectivity index (χ3v) is 2.48. The van der Waals surface area contributed by atoms with E-state index in [9.17, 15) is 4.79 Å². The van der Waals surface area contributed by atoms with Gasteiger partial charge in [-0.05, 0) is 41.8 Å². The highest BCUT2D eigenvalue weighted by molar-refractivity contribution is 5.91. The summed E-state index contributed by atoms with van der Waals surface area (Å²) in [4.78, 5) is 14.9. The molecule has 0 bridgehead atoms. The molecular formula is C13H11NO2. The van der Waals surface area contributed by atoms with Gasteiger partial charge in [-0.25, -0.2) is 4.79 Å². The van der Waals surface area contributed by atoms with Gasteiger partial charge in [0.25, 0.3) is 0 Å². The van der Waals surface area contributed by atoms with Crippen molar-refractivity contribution >= 4 is 5.97 Å². The van der Waals surface area contributed by atoms with Gasteiger partial charge in [0.15, 0.2) is 0 Å². The summed E-state index contributed by atoms with van der Waals surface area (Å²) in [5, 5.41) is 9.02. The Morgan fingerprint density at radius 2 is 1.81 bits per heavy atom. The maximum atomic E-state index is 11.0. The van der Waals surface area contributed by atoms with Gasteiger partial charge < -0.3 is 5.11 Å². The molecule has 0 fully saturated rings. The van der Waals surface area contributed by atoms with Crippen LogP contribution < -0.4 is 0 Å². The number of rotatable bonds is 2. The fourth-order valence-electron chi connectivity index (χ4n) is 1.58. The first kappa shape index (κ1) is 10.4. The summed E-state index contributed by atoms with van der Waals surface area (Å²) in [6.07, 6.45) is 3.38. The minimum absolute atomic E-state index is 0.342. The number of nitrogens with zero attached hydrogens (tertiary/aromatic N) is 1. The minimum Gasteiger partial charge on any atom is -0.478 e. The summed E-state index contributed by atoms with van der Waals surface area (Å²) in [5.41, 5.74) is 2.97. The van der Waals surface area contributed by atoms with Crippen LogP contribution in [0.4, 0.5) is 0 Å². The molecule has 0 saturated heterocycles. The zero-order valence-electron chi connectivity index (χ0n) is 8.84. The number of hydrogen-bond donors (Lipinski definition) is 1. The molecule has 0 aliphatic rings. The van der Waals surface area contributed by atoms with Crippen molar-refractivity contribution < 1.29 is 9.90 Å². The number of carboxylic acid groups (broad SMARTS) is 1. The second kappa shape index (κ2) is 4.14. The van der Waals surface area contributed by atoms with Crippen LogP contribution in [0.25, 0.3) is 11.1 Å². The van der Waals surface area contributed by atoms with Crippen LogP contribution in [0.5, 0.6) is 0 Å². The lowest BCUT2D eigenvalue weighted by atomic mass is 10.0. The van der Waals surface area contributed by atoms with Crippen molar-refractivity contribution in [2.45, 2.75) is 6.92 Å². The Labute approximate surface area is 93.4 Å². The molecule has 0 radical (unpaired) electrons. The normalized spacial score (nSPS) is 10.1. The summed E-state index contributed by atoms with van der Waals surface area (Å²) in [5.74, 6) is -0.895. The van der Waals surface area contributed by atoms with Crippen molar-refractivity contribution in [1.29, 1.82) is 0 Å². The van der Waals surface area contributed by atoms with Crippen molar-refractivity contribution in [2.24, 2.45) is 0 Å². The van der Waals surface area contributed by atoms with Crippen LogP contribution >= 0.6 is 0 Å². The van der Waals surface area contributed by atoms with Crippen LogP contribution in [0.15, 0.2) is 42.7 Å². The Hall–Kier alpha value is -2.16. The molecule has 3 heteroatoms. The third-order valence-electron chi connectivity index (χ3n) is 2.48. The predicted octanol–water partition coefficient (Wildman–Crippen LogP) is 2.76. The molecule has 2 rings (SSSR count). The van der Waals surface area contributed by atoms with Crippen LogP contribution in [0, 0.1) is 6.92 Å². The fraction of sp³-hybridized carbons (Fsp3) is 0.0769. The highest BCUT2D eigenvalue weighted by atomic mass is 16.4. The van der Waals surface area contributed by atoms with E-state index in [1.54, 1.807) is 25.4 Å². The molecule has 16 heavy (non-hydrogen) atoms. The van der Waals surface area contributed by atoms with Crippen molar-refractivity contribution in [3.63, 3.8) is 0 Å². The van der Waals surface area contributed by atoms with Crippen LogP contribution in [0.3, 0.4) is 0 Å². The smallest absolute Gasteiger partial charge is 0.335 e. The summed E-state index contributed by atoms with van der Waals surface area (Å²) in [7, 11) is 0. The number of aromatic carboxylic acids is 1. The molecule has 0 amide bonds. The second-order valence-electron chi connectivity index (χ2n) is 3.57. The molecule has 3 nitrogen and oxygen atoms in total. The average Bonchev–Trinajstić information content (AvgIpc) is 2.30. The monoisotopic (exact) mass is 213 g/mol. The topological polar surface area (TPSA) is 50.2 Å². The van der Waals surface area contributed by atoms with Gasteiger partial charge in [-0.2, -0.15) is 0 Å². The first-order valence-corrected chi connectivity index (χ1v) is 4.93. The van der Waals surface area contributed by atoms with Gasteiger partial charge in [0, 0.05) is 12.4 Å². The van der Waals surface area contributed by atoms with Gasteiger partial charge in [-0.1, -0.05) is 12.1 Å². The fourth-order valence-corrected chi connectivity index (χ4v) is 1.58. The minimum atomic E-state index is -0.895. The molecule has 0 unspecified atom stereocenters. The van der Waals surface area contributed by atoms with Gasteiger partial charge in [0.1, 0.15) is 0 Å². The van der Waals surface area contributed by atoms with Crippen LogP contribution in [-0.2, 0) is 0 Å². The molecule has 1 heterocycles. The molecule has 0 atom stereocenters. The highest BCUT2D eigenvalue weighted by Crippen LogP contribution is 2.21. The Balaban J connectivity index is 2.52. The number of carboxylic acids is 1. The van der Waals surface area contributed by atoms with Gasteiger partial charge in [0.2, 0.25) is 0 Å². The van der Waals surface area contributed by atoms with Crippen LogP contribution in [0.1, 0.15) is 15.9 Å². The number of carbonyl (C=O) groups is 1. The second-order valence-corrected chi connectivity index (χ2v) is 3.57. The summed E-state index contributed by atoms with van der Waals surface area (Å²) in [6.45, 7) is 1.79. The van der Waals surface area contributed by atoms with E-state index >= 15 is 0 Å². The van der Waals surface area contributed by atoms with Crippen LogP contribution in [0.2, 0.25) is 0 Å². The summed E-state index contributed by atoms with van der Waals surface area (Å²) < 4.78 is 0. The van der Waals surface area contributed by atoms with Gasteiger partial charge in [0.05, 0.1) is 5.56 Å². The van der Waals surface area contributed by atoms with E-state index in [-0.39, 0.29) is 0 Å². The van der Waals surface area contributed by atoms with Crippen molar-refractivity contribution in [1.82, 2.24) is 4.98 Å². The quantitative estimate of drug-likeness (QED) is 0.834. The van der Waals surface area contributed by atoms with E-state index < -0.39 is 5.97 Å². The first-order chi connectivity index (χ1) is 7.68. The summed E-state index contributed by atoms with van der Waals surface area (Å²) in [6, 6.07) is 9.13. The molecular weight excluding hydrogens is 202 g/mol. The van der Waals surface area contributed by atoms with Crippen LogP contribution in [-0.4, -0.2) is 16.1 Å². The lowest BCUT2D eigenvalue weighted by Gasteiger charge is -2.05. The Morgan fingerprint density at radius 1 is 1.12 bits per heavy atom. The van der Waals surface area contributed by atoms with Crippen molar-refractivity contribution in [3.05, 3.63) is 53.9 Å². The molecule has 2 aromatic rings. The third kappa shape index (κ3) is 1.93. The SMILES string of the molecule is Cc1ccc(-c2ccncc2)cc1C(=O)O. The van der Waals surface area contributed by atoms with Gasteiger partial charge >= 0.3 is 5.97 Å². The Kier molecular flexibility index (Phi) is 2.68. The Morgan fingerprint density at radius 3 is 2.44 bits per heavy atom. The van der Waals surface area contributed by atoms with E-state index in [2.05, 4.69) is 4.98 Å². The standard InChI is InChI=1S/C13H11NO2/c1-9-2-3-11(8-12(9)13(15)16)10-4-6-14-7-5-10/h2-8H,1H3,(H,15,16). The lowest BCUT2D eigenvalue weighted by molar-refractivity contribution is 0.0696. The number of pyridine rings is 1. The number of aromatic nitrogens is 1. The largest absolute Gasteiger partial charge is 0.478 e. The first-order valence-electron chi connectivity index (χ1n) is 4.93. The molecule has 0 saturated carbocycles. The van der Waals surface area contributed by atoms with Gasteiger partial charge in [-0.15, -0.1) is 0 Å². The van der Waals surface area contributed by atoms with Crippen molar-refractivity contribution in [3.8, 4) is 11.1 Å². The number of aryl methyl sites for hydroxylation is 1. The van der Waals surface area contributed by atoms with Crippen molar-refractivity contribution in [2.75, 3.05) is 0 Å². The van der Waals surface area contributed by atoms with E-state index in [4.69, 9.17) is 5.11 Å².